The lowest BCUT2D eigenvalue weighted by molar-refractivity contribution is 0.145. The summed E-state index contributed by atoms with van der Waals surface area (Å²) >= 11 is 0. The minimum atomic E-state index is -0.184. The molecule has 0 aromatic rings. The minimum absolute atomic E-state index is 0.184. The third-order valence-corrected chi connectivity index (χ3v) is 2.13. The van der Waals surface area contributed by atoms with Crippen LogP contribution in [0, 0.1) is 0 Å². The molecule has 0 rings (SSSR count). The summed E-state index contributed by atoms with van der Waals surface area (Å²) in [6, 6.07) is 0. The fourth-order valence-electron chi connectivity index (χ4n) is 1.23. The largest absolute Gasteiger partial charge is 0.393 e. The molecule has 0 saturated carbocycles. The first kappa shape index (κ1) is 12.9. The first-order chi connectivity index (χ1) is 6.20. The van der Waals surface area contributed by atoms with Gasteiger partial charge in [0.15, 0.2) is 0 Å². The molecular formula is C10H23NO2. The van der Waals surface area contributed by atoms with Gasteiger partial charge in [-0.3, -0.25) is 0 Å². The van der Waals surface area contributed by atoms with Crippen LogP contribution in [0.1, 0.15) is 26.7 Å². The van der Waals surface area contributed by atoms with Gasteiger partial charge >= 0.3 is 0 Å². The quantitative estimate of drug-likeness (QED) is 0.581. The number of hydrogen-bond acceptors (Lipinski definition) is 3. The maximum atomic E-state index is 9.12. The standard InChI is InChI=1S/C10H23NO2/c1-4-11(7-5-9-13-3)8-6-10(2)12/h10,12H,4-9H2,1-3H3. The van der Waals surface area contributed by atoms with Gasteiger partial charge in [0.2, 0.25) is 0 Å². The van der Waals surface area contributed by atoms with Crippen molar-refractivity contribution in [2.75, 3.05) is 33.4 Å². The van der Waals surface area contributed by atoms with Crippen molar-refractivity contribution in [3.05, 3.63) is 0 Å². The Balaban J connectivity index is 3.39. The van der Waals surface area contributed by atoms with E-state index >= 15 is 0 Å². The van der Waals surface area contributed by atoms with Crippen LogP contribution in [0.2, 0.25) is 0 Å². The SMILES string of the molecule is CCN(CCCOC)CCC(C)O. The maximum absolute atomic E-state index is 9.12. The van der Waals surface area contributed by atoms with Crippen molar-refractivity contribution < 1.29 is 9.84 Å². The van der Waals surface area contributed by atoms with Crippen molar-refractivity contribution in [2.45, 2.75) is 32.8 Å². The molecule has 80 valence electrons. The molecule has 1 unspecified atom stereocenters. The van der Waals surface area contributed by atoms with Crippen molar-refractivity contribution >= 4 is 0 Å². The van der Waals surface area contributed by atoms with Gasteiger partial charge in [-0.2, -0.15) is 0 Å². The molecule has 0 heterocycles. The summed E-state index contributed by atoms with van der Waals surface area (Å²) in [4.78, 5) is 2.34. The Kier molecular flexibility index (Phi) is 8.40. The molecule has 0 aliphatic rings. The van der Waals surface area contributed by atoms with E-state index in [-0.39, 0.29) is 6.10 Å². The van der Waals surface area contributed by atoms with E-state index in [4.69, 9.17) is 9.84 Å². The van der Waals surface area contributed by atoms with Crippen LogP contribution in [0.15, 0.2) is 0 Å². The van der Waals surface area contributed by atoms with E-state index in [1.807, 2.05) is 6.92 Å². The van der Waals surface area contributed by atoms with Crippen molar-refractivity contribution in [1.29, 1.82) is 0 Å². The Morgan fingerprint density at radius 2 is 2.08 bits per heavy atom. The van der Waals surface area contributed by atoms with E-state index in [9.17, 15) is 0 Å². The van der Waals surface area contributed by atoms with Gasteiger partial charge in [-0.1, -0.05) is 6.92 Å². The molecule has 0 amide bonds. The fraction of sp³-hybridized carbons (Fsp3) is 1.00. The molecule has 0 radical (unpaired) electrons. The summed E-state index contributed by atoms with van der Waals surface area (Å²) in [7, 11) is 1.73. The van der Waals surface area contributed by atoms with E-state index in [1.165, 1.54) is 0 Å². The van der Waals surface area contributed by atoms with Gasteiger partial charge in [0.05, 0.1) is 6.10 Å². The Hall–Kier alpha value is -0.120. The lowest BCUT2D eigenvalue weighted by atomic mass is 10.2. The van der Waals surface area contributed by atoms with Crippen molar-refractivity contribution in [1.82, 2.24) is 4.90 Å². The van der Waals surface area contributed by atoms with Crippen LogP contribution in [-0.2, 0) is 4.74 Å². The predicted octanol–water partition coefficient (Wildman–Crippen LogP) is 1.12. The molecule has 13 heavy (non-hydrogen) atoms. The van der Waals surface area contributed by atoms with Crippen molar-refractivity contribution in [2.24, 2.45) is 0 Å². The maximum Gasteiger partial charge on any atom is 0.0524 e. The summed E-state index contributed by atoms with van der Waals surface area (Å²) in [6.45, 7) is 7.91. The molecule has 0 fully saturated rings. The van der Waals surface area contributed by atoms with Crippen LogP contribution < -0.4 is 0 Å². The summed E-state index contributed by atoms with van der Waals surface area (Å²) in [6.07, 6.45) is 1.75. The topological polar surface area (TPSA) is 32.7 Å². The fourth-order valence-corrected chi connectivity index (χ4v) is 1.23. The molecule has 0 spiro atoms. The molecule has 0 aliphatic heterocycles. The van der Waals surface area contributed by atoms with Gasteiger partial charge in [-0.15, -0.1) is 0 Å². The molecule has 0 bridgehead atoms. The summed E-state index contributed by atoms with van der Waals surface area (Å²) in [5.74, 6) is 0. The number of rotatable bonds is 8. The highest BCUT2D eigenvalue weighted by Crippen LogP contribution is 1.97. The van der Waals surface area contributed by atoms with Gasteiger partial charge in [0, 0.05) is 26.8 Å². The lowest BCUT2D eigenvalue weighted by Crippen LogP contribution is -2.28. The average molecular weight is 189 g/mol. The molecule has 0 saturated heterocycles. The third-order valence-electron chi connectivity index (χ3n) is 2.13. The van der Waals surface area contributed by atoms with Crippen LogP contribution in [-0.4, -0.2) is 49.5 Å². The highest BCUT2D eigenvalue weighted by atomic mass is 16.5. The zero-order chi connectivity index (χ0) is 10.1. The Labute approximate surface area is 81.7 Å². The van der Waals surface area contributed by atoms with E-state index in [2.05, 4.69) is 11.8 Å². The smallest absolute Gasteiger partial charge is 0.0524 e. The highest BCUT2D eigenvalue weighted by molar-refractivity contribution is 4.57. The van der Waals surface area contributed by atoms with Crippen LogP contribution in [0.5, 0.6) is 0 Å². The molecule has 1 N–H and O–H groups in total. The number of aliphatic hydroxyl groups is 1. The molecule has 1 atom stereocenters. The van der Waals surface area contributed by atoms with Crippen LogP contribution in [0.4, 0.5) is 0 Å². The second-order valence-corrected chi connectivity index (χ2v) is 3.42. The van der Waals surface area contributed by atoms with E-state index in [0.29, 0.717) is 0 Å². The molecule has 3 heteroatoms. The lowest BCUT2D eigenvalue weighted by Gasteiger charge is -2.20. The Morgan fingerprint density at radius 1 is 1.38 bits per heavy atom. The van der Waals surface area contributed by atoms with Gasteiger partial charge in [0.1, 0.15) is 0 Å². The van der Waals surface area contributed by atoms with Gasteiger partial charge in [-0.05, 0) is 26.3 Å². The normalized spacial score (nSPS) is 13.6. The first-order valence-corrected chi connectivity index (χ1v) is 5.10. The molecule has 0 aromatic carbocycles. The van der Waals surface area contributed by atoms with E-state index in [0.717, 1.165) is 39.1 Å². The van der Waals surface area contributed by atoms with Crippen LogP contribution >= 0.6 is 0 Å². The highest BCUT2D eigenvalue weighted by Gasteiger charge is 2.03. The zero-order valence-electron chi connectivity index (χ0n) is 9.12. The summed E-state index contributed by atoms with van der Waals surface area (Å²) in [5.41, 5.74) is 0. The monoisotopic (exact) mass is 189 g/mol. The molecule has 0 aromatic heterocycles. The van der Waals surface area contributed by atoms with E-state index in [1.54, 1.807) is 7.11 Å². The number of methoxy groups -OCH3 is 1. The number of hydrogen-bond donors (Lipinski definition) is 1. The number of nitrogens with zero attached hydrogens (tertiary/aromatic N) is 1. The van der Waals surface area contributed by atoms with Crippen LogP contribution in [0.3, 0.4) is 0 Å². The molecular weight excluding hydrogens is 166 g/mol. The van der Waals surface area contributed by atoms with Crippen molar-refractivity contribution in [3.8, 4) is 0 Å². The zero-order valence-corrected chi connectivity index (χ0v) is 9.12. The summed E-state index contributed by atoms with van der Waals surface area (Å²) < 4.78 is 4.99. The Bertz CT molecular complexity index is 107. The Morgan fingerprint density at radius 3 is 2.54 bits per heavy atom. The molecule has 3 nitrogen and oxygen atoms in total. The van der Waals surface area contributed by atoms with Crippen LogP contribution in [0.25, 0.3) is 0 Å². The average Bonchev–Trinajstić information content (AvgIpc) is 2.10. The minimum Gasteiger partial charge on any atom is -0.393 e. The van der Waals surface area contributed by atoms with Gasteiger partial charge in [0.25, 0.3) is 0 Å². The number of aliphatic hydroxyl groups excluding tert-OH is 1. The van der Waals surface area contributed by atoms with Crippen molar-refractivity contribution in [3.63, 3.8) is 0 Å². The number of ether oxygens (including phenoxy) is 1. The summed E-state index contributed by atoms with van der Waals surface area (Å²) in [5, 5.41) is 9.12. The second-order valence-electron chi connectivity index (χ2n) is 3.42. The predicted molar refractivity (Wildman–Crippen MR) is 54.9 cm³/mol. The van der Waals surface area contributed by atoms with Gasteiger partial charge in [-0.25, -0.2) is 0 Å². The van der Waals surface area contributed by atoms with Gasteiger partial charge < -0.3 is 14.7 Å². The first-order valence-electron chi connectivity index (χ1n) is 5.10. The molecule has 0 aliphatic carbocycles. The second kappa shape index (κ2) is 8.48. The van der Waals surface area contributed by atoms with E-state index < -0.39 is 0 Å². The third kappa shape index (κ3) is 8.22.